The van der Waals surface area contributed by atoms with Crippen LogP contribution < -0.4 is 11.3 Å². The van der Waals surface area contributed by atoms with Gasteiger partial charge in [-0.3, -0.25) is 14.6 Å². The highest BCUT2D eigenvalue weighted by molar-refractivity contribution is 5.78. The highest BCUT2D eigenvalue weighted by Gasteiger charge is 2.12. The number of nitrogens with two attached hydrogens (primary N) is 1. The number of nitrogen functional groups attached to an aromatic ring is 1. The molecule has 30 heavy (non-hydrogen) atoms. The molecular formula is C24H28N4O2. The van der Waals surface area contributed by atoms with E-state index in [-0.39, 0.29) is 17.9 Å². The number of Topliss-reactive ketones (excluding diaryl/α,β-unsaturated/α-hetero) is 1. The van der Waals surface area contributed by atoms with Crippen LogP contribution in [0, 0.1) is 13.8 Å². The summed E-state index contributed by atoms with van der Waals surface area (Å²) in [5.74, 6) is 0.485. The molecule has 0 amide bonds. The molecule has 6 heteroatoms. The number of ketones is 1. The molecule has 0 aliphatic heterocycles. The van der Waals surface area contributed by atoms with Crippen LogP contribution in [0.4, 0.5) is 5.82 Å². The van der Waals surface area contributed by atoms with Crippen LogP contribution in [0.2, 0.25) is 0 Å². The van der Waals surface area contributed by atoms with E-state index in [0.29, 0.717) is 36.5 Å². The highest BCUT2D eigenvalue weighted by atomic mass is 16.1. The first kappa shape index (κ1) is 21.4. The van der Waals surface area contributed by atoms with E-state index in [1.165, 1.54) is 5.56 Å². The van der Waals surface area contributed by atoms with Gasteiger partial charge < -0.3 is 10.3 Å². The maximum Gasteiger partial charge on any atom is 0.272 e. The predicted molar refractivity (Wildman–Crippen MR) is 118 cm³/mol. The number of anilines is 1. The molecule has 2 heterocycles. The summed E-state index contributed by atoms with van der Waals surface area (Å²) in [7, 11) is 0. The topological polar surface area (TPSA) is 90.9 Å². The SMILES string of the molecule is Cc1nc(N)ccc1CCC(=O)Cn1c(C)cnc(CCCc2ccccc2)c1=O. The molecule has 0 saturated heterocycles. The highest BCUT2D eigenvalue weighted by Crippen LogP contribution is 2.11. The predicted octanol–water partition coefficient (Wildman–Crippen LogP) is 3.21. The molecule has 156 valence electrons. The summed E-state index contributed by atoms with van der Waals surface area (Å²) in [6, 6.07) is 13.8. The second-order valence-corrected chi connectivity index (χ2v) is 7.60. The van der Waals surface area contributed by atoms with Gasteiger partial charge in [-0.1, -0.05) is 36.4 Å². The van der Waals surface area contributed by atoms with Gasteiger partial charge in [0.05, 0.1) is 6.54 Å². The normalized spacial score (nSPS) is 10.9. The Labute approximate surface area is 176 Å². The Morgan fingerprint density at radius 3 is 2.53 bits per heavy atom. The van der Waals surface area contributed by atoms with Crippen LogP contribution in [0.1, 0.15) is 41.1 Å². The van der Waals surface area contributed by atoms with Gasteiger partial charge in [0.15, 0.2) is 5.78 Å². The van der Waals surface area contributed by atoms with E-state index < -0.39 is 0 Å². The van der Waals surface area contributed by atoms with Crippen molar-refractivity contribution in [2.75, 3.05) is 5.73 Å². The molecule has 0 saturated carbocycles. The fraction of sp³-hybridized carbons (Fsp3) is 0.333. The third-order valence-corrected chi connectivity index (χ3v) is 5.27. The van der Waals surface area contributed by atoms with Crippen LogP contribution >= 0.6 is 0 Å². The molecule has 1 aromatic carbocycles. The van der Waals surface area contributed by atoms with Crippen LogP contribution in [-0.2, 0) is 30.6 Å². The van der Waals surface area contributed by atoms with Gasteiger partial charge in [0, 0.05) is 24.0 Å². The van der Waals surface area contributed by atoms with E-state index in [9.17, 15) is 9.59 Å². The van der Waals surface area contributed by atoms with Gasteiger partial charge in [0.1, 0.15) is 11.5 Å². The Bertz CT molecular complexity index is 1070. The third-order valence-electron chi connectivity index (χ3n) is 5.27. The zero-order chi connectivity index (χ0) is 21.5. The number of benzene rings is 1. The molecule has 0 fully saturated rings. The van der Waals surface area contributed by atoms with E-state index >= 15 is 0 Å². The fourth-order valence-corrected chi connectivity index (χ4v) is 3.49. The second kappa shape index (κ2) is 9.96. The van der Waals surface area contributed by atoms with Gasteiger partial charge in [0.2, 0.25) is 0 Å². The van der Waals surface area contributed by atoms with Gasteiger partial charge in [-0.2, -0.15) is 0 Å². The number of aromatic nitrogens is 3. The van der Waals surface area contributed by atoms with Gasteiger partial charge in [0.25, 0.3) is 5.56 Å². The van der Waals surface area contributed by atoms with E-state index in [2.05, 4.69) is 22.1 Å². The van der Waals surface area contributed by atoms with Crippen LogP contribution in [0.3, 0.4) is 0 Å². The summed E-state index contributed by atoms with van der Waals surface area (Å²) in [6.07, 6.45) is 4.94. The lowest BCUT2D eigenvalue weighted by Crippen LogP contribution is -2.30. The number of rotatable bonds is 9. The van der Waals surface area contributed by atoms with Gasteiger partial charge in [-0.05, 0) is 56.7 Å². The number of carbonyl (C=O) groups excluding carboxylic acids is 1. The molecule has 0 unspecified atom stereocenters. The van der Waals surface area contributed by atoms with E-state index in [1.807, 2.05) is 38.1 Å². The van der Waals surface area contributed by atoms with Gasteiger partial charge >= 0.3 is 0 Å². The van der Waals surface area contributed by atoms with Crippen LogP contribution in [0.25, 0.3) is 0 Å². The van der Waals surface area contributed by atoms with Crippen molar-refractivity contribution in [3.05, 3.63) is 87.2 Å². The molecule has 0 radical (unpaired) electrons. The van der Waals surface area contributed by atoms with Crippen LogP contribution in [0.5, 0.6) is 0 Å². The van der Waals surface area contributed by atoms with Crippen molar-refractivity contribution in [3.63, 3.8) is 0 Å². The first-order valence-corrected chi connectivity index (χ1v) is 10.3. The number of pyridine rings is 1. The minimum atomic E-state index is -0.165. The van der Waals surface area contributed by atoms with Crippen LogP contribution in [-0.4, -0.2) is 20.3 Å². The summed E-state index contributed by atoms with van der Waals surface area (Å²) in [5.41, 5.74) is 9.81. The fourth-order valence-electron chi connectivity index (χ4n) is 3.49. The number of hydrogen-bond donors (Lipinski definition) is 1. The maximum atomic E-state index is 12.9. The summed E-state index contributed by atoms with van der Waals surface area (Å²) >= 11 is 0. The first-order chi connectivity index (χ1) is 14.4. The summed E-state index contributed by atoms with van der Waals surface area (Å²) < 4.78 is 1.54. The molecule has 0 bridgehead atoms. The minimum Gasteiger partial charge on any atom is -0.384 e. The van der Waals surface area contributed by atoms with E-state index in [0.717, 1.165) is 24.1 Å². The van der Waals surface area contributed by atoms with E-state index in [1.54, 1.807) is 16.8 Å². The molecule has 3 aromatic rings. The van der Waals surface area contributed by atoms with Crippen molar-refractivity contribution < 1.29 is 4.79 Å². The average molecular weight is 405 g/mol. The lowest BCUT2D eigenvalue weighted by Gasteiger charge is -2.11. The Hall–Kier alpha value is -3.28. The Kier molecular flexibility index (Phi) is 7.12. The zero-order valence-electron chi connectivity index (χ0n) is 17.6. The quantitative estimate of drug-likeness (QED) is 0.591. The molecule has 0 aliphatic carbocycles. The van der Waals surface area contributed by atoms with Gasteiger partial charge in [-0.25, -0.2) is 4.98 Å². The standard InChI is InChI=1S/C24H28N4O2/c1-17-15-26-22(10-6-9-19-7-4-3-5-8-19)24(30)28(17)16-21(29)13-11-20-12-14-23(25)27-18(20)2/h3-5,7-8,12,14-15H,6,9-11,13,16H2,1-2H3,(H2,25,27). The van der Waals surface area contributed by atoms with Crippen molar-refractivity contribution in [2.24, 2.45) is 0 Å². The Balaban J connectivity index is 1.61. The van der Waals surface area contributed by atoms with Crippen molar-refractivity contribution in [1.82, 2.24) is 14.5 Å². The zero-order valence-corrected chi connectivity index (χ0v) is 17.6. The molecule has 2 N–H and O–H groups in total. The number of hydrogen-bond acceptors (Lipinski definition) is 5. The van der Waals surface area contributed by atoms with E-state index in [4.69, 9.17) is 5.73 Å². The van der Waals surface area contributed by atoms with Crippen molar-refractivity contribution in [1.29, 1.82) is 0 Å². The molecule has 3 rings (SSSR count). The molecule has 2 aromatic heterocycles. The summed E-state index contributed by atoms with van der Waals surface area (Å²) in [6.45, 7) is 3.76. The molecular weight excluding hydrogens is 376 g/mol. The largest absolute Gasteiger partial charge is 0.384 e. The summed E-state index contributed by atoms with van der Waals surface area (Å²) in [4.78, 5) is 34.0. The first-order valence-electron chi connectivity index (χ1n) is 10.3. The Morgan fingerprint density at radius 1 is 1.03 bits per heavy atom. The molecule has 0 atom stereocenters. The molecule has 0 spiro atoms. The third kappa shape index (κ3) is 5.63. The van der Waals surface area contributed by atoms with Crippen LogP contribution in [0.15, 0.2) is 53.5 Å². The second-order valence-electron chi connectivity index (χ2n) is 7.60. The molecule has 0 aliphatic rings. The maximum absolute atomic E-state index is 12.9. The number of nitrogens with zero attached hydrogens (tertiary/aromatic N) is 3. The van der Waals surface area contributed by atoms with Crippen molar-refractivity contribution in [3.8, 4) is 0 Å². The monoisotopic (exact) mass is 404 g/mol. The molecule has 6 nitrogen and oxygen atoms in total. The average Bonchev–Trinajstić information content (AvgIpc) is 2.73. The summed E-state index contributed by atoms with van der Waals surface area (Å²) in [5, 5.41) is 0. The van der Waals surface area contributed by atoms with Crippen molar-refractivity contribution >= 4 is 11.6 Å². The van der Waals surface area contributed by atoms with Crippen molar-refractivity contribution in [2.45, 2.75) is 52.5 Å². The smallest absolute Gasteiger partial charge is 0.272 e. The lowest BCUT2D eigenvalue weighted by atomic mass is 10.1. The number of aryl methyl sites for hydroxylation is 5. The lowest BCUT2D eigenvalue weighted by molar-refractivity contribution is -0.119. The Morgan fingerprint density at radius 2 is 1.80 bits per heavy atom. The number of carbonyl (C=O) groups is 1. The minimum absolute atomic E-state index is 0.0119. The van der Waals surface area contributed by atoms with Gasteiger partial charge in [-0.15, -0.1) is 0 Å².